The molecule has 2 atom stereocenters. The molecule has 0 saturated carbocycles. The predicted octanol–water partition coefficient (Wildman–Crippen LogP) is 10.9. The van der Waals surface area contributed by atoms with Crippen LogP contribution in [0.5, 0.6) is 0 Å². The lowest BCUT2D eigenvalue weighted by Gasteiger charge is -2.26. The van der Waals surface area contributed by atoms with Crippen LogP contribution in [-0.4, -0.2) is 49.5 Å². The normalized spacial score (nSPS) is 13.4. The van der Waals surface area contributed by atoms with Gasteiger partial charge in [-0.15, -0.1) is 0 Å². The minimum atomic E-state index is -0.332. The van der Waals surface area contributed by atoms with Gasteiger partial charge >= 0.3 is 0 Å². The monoisotopic (exact) mass is 540 g/mol. The molecule has 0 spiro atoms. The number of unbranched alkanes of at least 4 members (excludes halogenated alkanes) is 23. The fourth-order valence-electron chi connectivity index (χ4n) is 5.63. The van der Waals surface area contributed by atoms with Gasteiger partial charge in [-0.1, -0.05) is 168 Å². The number of hydrogen-bond donors (Lipinski definition) is 1. The minimum Gasteiger partial charge on any atom is -0.391 e. The molecule has 0 radical (unpaired) electrons. The molecule has 0 amide bonds. The number of aliphatic hydroxyl groups is 1. The van der Waals surface area contributed by atoms with Crippen molar-refractivity contribution in [2.75, 3.05) is 27.3 Å². The molecule has 2 unspecified atom stereocenters. The third-order valence-corrected chi connectivity index (χ3v) is 8.37. The van der Waals surface area contributed by atoms with Gasteiger partial charge in [0.05, 0.1) is 12.7 Å². The second-order valence-corrected chi connectivity index (χ2v) is 12.5. The molecular formula is C35H73NO2. The zero-order chi connectivity index (χ0) is 27.9. The number of aliphatic hydroxyl groups excluding tert-OH is 1. The first-order valence-corrected chi connectivity index (χ1v) is 17.5. The predicted molar refractivity (Wildman–Crippen MR) is 170 cm³/mol. The van der Waals surface area contributed by atoms with Crippen LogP contribution in [0.2, 0.25) is 0 Å². The largest absolute Gasteiger partial charge is 0.391 e. The van der Waals surface area contributed by atoms with E-state index in [2.05, 4.69) is 32.8 Å². The fraction of sp³-hybridized carbons (Fsp3) is 1.00. The molecule has 230 valence electrons. The van der Waals surface area contributed by atoms with E-state index in [4.69, 9.17) is 4.74 Å². The quantitative estimate of drug-likeness (QED) is 0.0863. The molecule has 38 heavy (non-hydrogen) atoms. The highest BCUT2D eigenvalue weighted by atomic mass is 16.5. The van der Waals surface area contributed by atoms with E-state index < -0.39 is 0 Å². The Morgan fingerprint density at radius 1 is 0.500 bits per heavy atom. The minimum absolute atomic E-state index is 0.332. The summed E-state index contributed by atoms with van der Waals surface area (Å²) in [6.07, 6.45) is 36.4. The zero-order valence-corrected chi connectivity index (χ0v) is 27.0. The molecule has 0 aliphatic rings. The van der Waals surface area contributed by atoms with E-state index in [-0.39, 0.29) is 6.10 Å². The van der Waals surface area contributed by atoms with Crippen LogP contribution in [0.3, 0.4) is 0 Å². The summed E-state index contributed by atoms with van der Waals surface area (Å²) in [5, 5.41) is 10.5. The summed E-state index contributed by atoms with van der Waals surface area (Å²) in [5.74, 6) is 0. The highest BCUT2D eigenvalue weighted by Gasteiger charge is 2.16. The van der Waals surface area contributed by atoms with Crippen LogP contribution in [0.1, 0.15) is 187 Å². The van der Waals surface area contributed by atoms with Crippen LogP contribution in [-0.2, 0) is 4.74 Å². The van der Waals surface area contributed by atoms with E-state index in [1.54, 1.807) is 0 Å². The van der Waals surface area contributed by atoms with Gasteiger partial charge in [-0.2, -0.15) is 0 Å². The Balaban J connectivity index is 3.52. The lowest BCUT2D eigenvalue weighted by atomic mass is 10.00. The SMILES string of the molecule is CCCCCCCCCCCCCCCCCC(CC(O)COCCCCCCCCCCCC)N(C)C. The zero-order valence-electron chi connectivity index (χ0n) is 27.0. The van der Waals surface area contributed by atoms with Crippen LogP contribution in [0.15, 0.2) is 0 Å². The van der Waals surface area contributed by atoms with Crippen LogP contribution >= 0.6 is 0 Å². The molecule has 0 saturated heterocycles. The first kappa shape index (κ1) is 37.9. The first-order chi connectivity index (χ1) is 18.6. The Morgan fingerprint density at radius 3 is 1.21 bits per heavy atom. The van der Waals surface area contributed by atoms with Gasteiger partial charge in [-0.3, -0.25) is 0 Å². The van der Waals surface area contributed by atoms with Crippen molar-refractivity contribution in [3.8, 4) is 0 Å². The summed E-state index contributed by atoms with van der Waals surface area (Å²) in [4.78, 5) is 2.30. The Labute approximate surface area is 241 Å². The van der Waals surface area contributed by atoms with Gasteiger partial charge in [0.15, 0.2) is 0 Å². The van der Waals surface area contributed by atoms with Crippen molar-refractivity contribution in [1.29, 1.82) is 0 Å². The number of nitrogens with zero attached hydrogens (tertiary/aromatic N) is 1. The summed E-state index contributed by atoms with van der Waals surface area (Å²) in [6, 6.07) is 0.466. The van der Waals surface area contributed by atoms with Crippen molar-refractivity contribution in [2.45, 2.75) is 199 Å². The molecule has 3 nitrogen and oxygen atoms in total. The van der Waals surface area contributed by atoms with Crippen molar-refractivity contribution in [2.24, 2.45) is 0 Å². The smallest absolute Gasteiger partial charge is 0.0788 e. The van der Waals surface area contributed by atoms with Gasteiger partial charge in [-0.05, 0) is 33.4 Å². The molecule has 0 heterocycles. The average molecular weight is 540 g/mol. The second-order valence-electron chi connectivity index (χ2n) is 12.5. The Kier molecular flexibility index (Phi) is 31.3. The van der Waals surface area contributed by atoms with Gasteiger partial charge in [0.25, 0.3) is 0 Å². The lowest BCUT2D eigenvalue weighted by Crippen LogP contribution is -2.33. The van der Waals surface area contributed by atoms with Crippen LogP contribution in [0.25, 0.3) is 0 Å². The molecule has 0 bridgehead atoms. The first-order valence-electron chi connectivity index (χ1n) is 17.5. The number of rotatable bonds is 32. The topological polar surface area (TPSA) is 32.7 Å². The summed E-state index contributed by atoms with van der Waals surface area (Å²) < 4.78 is 5.81. The summed E-state index contributed by atoms with van der Waals surface area (Å²) in [6.45, 7) is 5.88. The second kappa shape index (κ2) is 31.4. The van der Waals surface area contributed by atoms with Crippen molar-refractivity contribution < 1.29 is 9.84 Å². The molecule has 1 N–H and O–H groups in total. The Bertz CT molecular complexity index is 428. The molecule has 0 aromatic rings. The highest BCUT2D eigenvalue weighted by molar-refractivity contribution is 4.71. The third kappa shape index (κ3) is 28.9. The lowest BCUT2D eigenvalue weighted by molar-refractivity contribution is 0.0178. The summed E-state index contributed by atoms with van der Waals surface area (Å²) in [7, 11) is 4.32. The molecule has 0 aliphatic carbocycles. The van der Waals surface area contributed by atoms with E-state index >= 15 is 0 Å². The molecule has 0 aromatic heterocycles. The third-order valence-electron chi connectivity index (χ3n) is 8.37. The van der Waals surface area contributed by atoms with Gasteiger partial charge in [0, 0.05) is 12.6 Å². The molecule has 0 aromatic carbocycles. The molecular weight excluding hydrogens is 466 g/mol. The summed E-state index contributed by atoms with van der Waals surface area (Å²) in [5.41, 5.74) is 0. The van der Waals surface area contributed by atoms with Gasteiger partial charge in [-0.25, -0.2) is 0 Å². The molecule has 3 heteroatoms. The summed E-state index contributed by atoms with van der Waals surface area (Å²) >= 11 is 0. The van der Waals surface area contributed by atoms with Gasteiger partial charge in [0.2, 0.25) is 0 Å². The molecule has 0 fully saturated rings. The van der Waals surface area contributed by atoms with Crippen molar-refractivity contribution >= 4 is 0 Å². The van der Waals surface area contributed by atoms with E-state index in [0.717, 1.165) is 19.4 Å². The number of ether oxygens (including phenoxy) is 1. The average Bonchev–Trinajstić information content (AvgIpc) is 2.90. The van der Waals surface area contributed by atoms with Crippen LogP contribution in [0.4, 0.5) is 0 Å². The molecule has 0 aliphatic heterocycles. The maximum Gasteiger partial charge on any atom is 0.0788 e. The van der Waals surface area contributed by atoms with Gasteiger partial charge in [0.1, 0.15) is 0 Å². The van der Waals surface area contributed by atoms with E-state index in [9.17, 15) is 5.11 Å². The van der Waals surface area contributed by atoms with Crippen LogP contribution < -0.4 is 0 Å². The van der Waals surface area contributed by atoms with E-state index in [1.807, 2.05) is 0 Å². The Hall–Kier alpha value is -0.120. The van der Waals surface area contributed by atoms with E-state index in [1.165, 1.54) is 161 Å². The fourth-order valence-corrected chi connectivity index (χ4v) is 5.63. The van der Waals surface area contributed by atoms with Crippen LogP contribution in [0, 0.1) is 0 Å². The van der Waals surface area contributed by atoms with Crippen molar-refractivity contribution in [3.63, 3.8) is 0 Å². The standard InChI is InChI=1S/C35H73NO2/c1-5-7-9-11-13-15-17-18-19-20-21-22-24-26-28-30-34(36(3)4)32-35(37)33-38-31-29-27-25-23-16-14-12-10-8-6-2/h34-35,37H,5-33H2,1-4H3. The van der Waals surface area contributed by atoms with Crippen molar-refractivity contribution in [1.82, 2.24) is 4.90 Å². The van der Waals surface area contributed by atoms with Crippen molar-refractivity contribution in [3.05, 3.63) is 0 Å². The van der Waals surface area contributed by atoms with Gasteiger partial charge < -0.3 is 14.7 Å². The maximum absolute atomic E-state index is 10.5. The maximum atomic E-state index is 10.5. The molecule has 0 rings (SSSR count). The Morgan fingerprint density at radius 2 is 0.842 bits per heavy atom. The highest BCUT2D eigenvalue weighted by Crippen LogP contribution is 2.17. The van der Waals surface area contributed by atoms with E-state index in [0.29, 0.717) is 12.6 Å². The number of hydrogen-bond acceptors (Lipinski definition) is 3.